The third kappa shape index (κ3) is 8.36. The second kappa shape index (κ2) is 12.9. The number of nitrogens with zero attached hydrogens (tertiary/aromatic N) is 4. The molecule has 222 valence electrons. The molecule has 0 bridgehead atoms. The lowest BCUT2D eigenvalue weighted by Gasteiger charge is -2.38. The molecule has 3 N–H and O–H groups in total. The van der Waals surface area contributed by atoms with Crippen LogP contribution in [0, 0.1) is 11.6 Å². The number of carbonyl (C=O) groups is 2. The number of benzene rings is 1. The van der Waals surface area contributed by atoms with Crippen molar-refractivity contribution < 1.29 is 41.4 Å². The number of nitrogens with two attached hydrogens (primary N) is 1. The zero-order valence-corrected chi connectivity index (χ0v) is 23.6. The lowest BCUT2D eigenvalue weighted by Crippen LogP contribution is -2.57. The van der Waals surface area contributed by atoms with Gasteiger partial charge in [0.2, 0.25) is 17.7 Å². The number of hydrogen-bond acceptors (Lipinski definition) is 7. The Morgan fingerprint density at radius 3 is 2.15 bits per heavy atom. The van der Waals surface area contributed by atoms with Crippen LogP contribution in [-0.2, 0) is 16.2 Å². The summed E-state index contributed by atoms with van der Waals surface area (Å²) in [7, 11) is 0. The summed E-state index contributed by atoms with van der Waals surface area (Å²) in [4.78, 5) is 42.6. The van der Waals surface area contributed by atoms with E-state index in [1.165, 1.54) is 6.07 Å². The molecule has 0 spiro atoms. The Morgan fingerprint density at radius 2 is 1.70 bits per heavy atom. The summed E-state index contributed by atoms with van der Waals surface area (Å²) in [6.45, 7) is 8.61. The Kier molecular flexibility index (Phi) is 10.6. The molecule has 3 rings (SSSR count). The lowest BCUT2D eigenvalue weighted by molar-refractivity contribution is -0.192. The van der Waals surface area contributed by atoms with E-state index in [9.17, 15) is 31.5 Å². The van der Waals surface area contributed by atoms with E-state index in [0.717, 1.165) is 12.1 Å². The summed E-state index contributed by atoms with van der Waals surface area (Å²) in [5.41, 5.74) is 4.77. The number of aliphatic carboxylic acids is 1. The van der Waals surface area contributed by atoms with Crippen LogP contribution in [0.1, 0.15) is 39.3 Å². The van der Waals surface area contributed by atoms with Crippen molar-refractivity contribution in [1.29, 1.82) is 0 Å². The molecule has 0 atom stereocenters. The second-order valence-electron chi connectivity index (χ2n) is 9.63. The van der Waals surface area contributed by atoms with Gasteiger partial charge in [-0.1, -0.05) is 0 Å². The summed E-state index contributed by atoms with van der Waals surface area (Å²) in [5.74, 6) is -3.92. The van der Waals surface area contributed by atoms with Crippen LogP contribution in [0.3, 0.4) is 0 Å². The first-order chi connectivity index (χ1) is 18.3. The van der Waals surface area contributed by atoms with Gasteiger partial charge in [0.25, 0.3) is 5.56 Å². The first kappa shape index (κ1) is 32.9. The minimum atomic E-state index is -5.08. The number of carbonyl (C=O) groups excluding carboxylic acids is 1. The zero-order valence-electron chi connectivity index (χ0n) is 22.1. The molecule has 1 saturated heterocycles. The minimum absolute atomic E-state index is 0.0113. The number of ether oxygens (including phenoxy) is 1. The molecular formula is C24H29BrF5N5O5. The molecule has 0 radical (unpaired) electrons. The van der Waals surface area contributed by atoms with E-state index in [4.69, 9.17) is 20.4 Å². The summed E-state index contributed by atoms with van der Waals surface area (Å²) in [6.07, 6.45) is -5.08. The van der Waals surface area contributed by atoms with Crippen LogP contribution in [0.5, 0.6) is 5.88 Å². The quantitative estimate of drug-likeness (QED) is 0.459. The van der Waals surface area contributed by atoms with Gasteiger partial charge in [-0.25, -0.2) is 13.6 Å². The highest BCUT2D eigenvalue weighted by molar-refractivity contribution is 9.10. The van der Waals surface area contributed by atoms with Crippen molar-refractivity contribution in [2.45, 2.75) is 52.1 Å². The fourth-order valence-electron chi connectivity index (χ4n) is 3.57. The number of anilines is 1. The van der Waals surface area contributed by atoms with Gasteiger partial charge in [-0.15, -0.1) is 0 Å². The van der Waals surface area contributed by atoms with E-state index in [1.54, 1.807) is 23.3 Å². The molecule has 2 aromatic rings. The first-order valence-corrected chi connectivity index (χ1v) is 12.7. The Bertz CT molecular complexity index is 1290. The monoisotopic (exact) mass is 641 g/mol. The molecule has 1 amide bonds. The van der Waals surface area contributed by atoms with Gasteiger partial charge >= 0.3 is 12.1 Å². The normalized spacial score (nSPS) is 14.1. The molecule has 16 heteroatoms. The average Bonchev–Trinajstić information content (AvgIpc) is 2.84. The van der Waals surface area contributed by atoms with Crippen molar-refractivity contribution >= 4 is 33.8 Å². The van der Waals surface area contributed by atoms with Crippen molar-refractivity contribution in [1.82, 2.24) is 14.5 Å². The Morgan fingerprint density at radius 1 is 1.15 bits per heavy atom. The van der Waals surface area contributed by atoms with Crippen LogP contribution < -0.4 is 20.9 Å². The van der Waals surface area contributed by atoms with E-state index in [-0.39, 0.29) is 40.0 Å². The molecule has 1 aromatic heterocycles. The highest BCUT2D eigenvalue weighted by Crippen LogP contribution is 2.27. The third-order valence-electron chi connectivity index (χ3n) is 5.55. The van der Waals surface area contributed by atoms with Crippen LogP contribution in [0.25, 0.3) is 0 Å². The SMILES string of the molecule is CC(C)n1c(N2CCN(C(=O)C(C)(C)N)CC2)nc(OCc2ccc(F)cc2F)c(Br)c1=O.O=C(O)C(F)(F)F. The highest BCUT2D eigenvalue weighted by atomic mass is 79.9. The average molecular weight is 642 g/mol. The van der Waals surface area contributed by atoms with Gasteiger partial charge in [0.1, 0.15) is 22.7 Å². The number of halogens is 6. The Balaban J connectivity index is 0.000000708. The van der Waals surface area contributed by atoms with Crippen molar-refractivity contribution in [3.05, 3.63) is 50.2 Å². The second-order valence-corrected chi connectivity index (χ2v) is 10.4. The number of aromatic nitrogens is 2. The van der Waals surface area contributed by atoms with E-state index in [1.807, 2.05) is 18.7 Å². The van der Waals surface area contributed by atoms with Crippen molar-refractivity contribution in [2.75, 3.05) is 31.1 Å². The third-order valence-corrected chi connectivity index (χ3v) is 6.23. The fraction of sp³-hybridized carbons (Fsp3) is 0.500. The number of alkyl halides is 3. The van der Waals surface area contributed by atoms with Crippen LogP contribution in [-0.4, -0.2) is 69.3 Å². The molecule has 0 aliphatic carbocycles. The zero-order chi connectivity index (χ0) is 30.6. The molecule has 1 aliphatic rings. The maximum Gasteiger partial charge on any atom is 0.490 e. The number of amides is 1. The number of carboxylic acids is 1. The van der Waals surface area contributed by atoms with Crippen LogP contribution in [0.2, 0.25) is 0 Å². The first-order valence-electron chi connectivity index (χ1n) is 11.9. The maximum absolute atomic E-state index is 14.0. The van der Waals surface area contributed by atoms with Gasteiger partial charge in [-0.3, -0.25) is 14.2 Å². The van der Waals surface area contributed by atoms with E-state index < -0.39 is 29.3 Å². The number of hydrogen-bond donors (Lipinski definition) is 2. The van der Waals surface area contributed by atoms with Crippen LogP contribution in [0.15, 0.2) is 27.5 Å². The molecule has 0 saturated carbocycles. The van der Waals surface area contributed by atoms with Crippen molar-refractivity contribution in [3.8, 4) is 5.88 Å². The summed E-state index contributed by atoms with van der Waals surface area (Å²) >= 11 is 3.25. The predicted octanol–water partition coefficient (Wildman–Crippen LogP) is 3.46. The standard InChI is InChI=1S/C22H28BrF2N5O3.C2HF3O2/c1-13(2)30-19(31)17(23)18(33-12-14-5-6-15(24)11-16(14)25)27-21(30)29-9-7-28(8-10-29)20(32)22(3,4)26;3-2(4,5)1(6)7/h5-6,11,13H,7-10,12,26H2,1-4H3;(H,6,7). The van der Waals surface area contributed by atoms with Gasteiger partial charge < -0.3 is 25.4 Å². The Labute approximate surface area is 234 Å². The Hall–Kier alpha value is -3.27. The summed E-state index contributed by atoms with van der Waals surface area (Å²) < 4.78 is 66.2. The lowest BCUT2D eigenvalue weighted by atomic mass is 10.0. The van der Waals surface area contributed by atoms with E-state index in [0.29, 0.717) is 32.1 Å². The molecule has 1 aromatic carbocycles. The number of piperazine rings is 1. The van der Waals surface area contributed by atoms with E-state index in [2.05, 4.69) is 20.9 Å². The van der Waals surface area contributed by atoms with Gasteiger partial charge in [0.05, 0.1) is 5.54 Å². The molecule has 10 nitrogen and oxygen atoms in total. The number of rotatable bonds is 6. The fourth-order valence-corrected chi connectivity index (χ4v) is 3.96. The summed E-state index contributed by atoms with van der Waals surface area (Å²) in [6, 6.07) is 2.99. The number of carboxylic acid groups (broad SMARTS) is 1. The minimum Gasteiger partial charge on any atom is -0.475 e. The van der Waals surface area contributed by atoms with Crippen LogP contribution >= 0.6 is 15.9 Å². The molecule has 1 aliphatic heterocycles. The topological polar surface area (TPSA) is 131 Å². The van der Waals surface area contributed by atoms with Crippen molar-refractivity contribution in [2.24, 2.45) is 5.73 Å². The van der Waals surface area contributed by atoms with Crippen molar-refractivity contribution in [3.63, 3.8) is 0 Å². The smallest absolute Gasteiger partial charge is 0.475 e. The molecule has 40 heavy (non-hydrogen) atoms. The largest absolute Gasteiger partial charge is 0.490 e. The highest BCUT2D eigenvalue weighted by Gasteiger charge is 2.38. The van der Waals surface area contributed by atoms with Gasteiger partial charge in [0.15, 0.2) is 0 Å². The summed E-state index contributed by atoms with van der Waals surface area (Å²) in [5, 5.41) is 7.12. The maximum atomic E-state index is 14.0. The van der Waals surface area contributed by atoms with Gasteiger partial charge in [-0.2, -0.15) is 18.2 Å². The van der Waals surface area contributed by atoms with Gasteiger partial charge in [-0.05, 0) is 55.8 Å². The molecule has 2 heterocycles. The van der Waals surface area contributed by atoms with Crippen LogP contribution in [0.4, 0.5) is 27.9 Å². The van der Waals surface area contributed by atoms with Gasteiger partial charge in [0, 0.05) is 43.9 Å². The van der Waals surface area contributed by atoms with E-state index >= 15 is 0 Å². The predicted molar refractivity (Wildman–Crippen MR) is 138 cm³/mol. The molecular weight excluding hydrogens is 613 g/mol. The molecule has 1 fully saturated rings. The molecule has 0 unspecified atom stereocenters.